The lowest BCUT2D eigenvalue weighted by Gasteiger charge is -2.33. The summed E-state index contributed by atoms with van der Waals surface area (Å²) in [4.78, 5) is 0. The minimum Gasteiger partial charge on any atom is -0.490 e. The van der Waals surface area contributed by atoms with Gasteiger partial charge < -0.3 is 10.1 Å². The first-order valence-electron chi connectivity index (χ1n) is 8.22. The second-order valence-electron chi connectivity index (χ2n) is 6.77. The Morgan fingerprint density at radius 1 is 1.29 bits per heavy atom. The molecule has 0 amide bonds. The Morgan fingerprint density at radius 3 is 2.54 bits per heavy atom. The van der Waals surface area contributed by atoms with Crippen molar-refractivity contribution >= 4 is 10.0 Å². The summed E-state index contributed by atoms with van der Waals surface area (Å²) in [5.74, 6) is 0.412. The van der Waals surface area contributed by atoms with E-state index >= 15 is 0 Å². The minimum atomic E-state index is -3.30. The molecule has 6 nitrogen and oxygen atoms in total. The van der Waals surface area contributed by atoms with Gasteiger partial charge in [0.25, 0.3) is 0 Å². The van der Waals surface area contributed by atoms with Crippen LogP contribution in [0.2, 0.25) is 0 Å². The molecule has 2 aliphatic rings. The Bertz CT molecular complexity index is 652. The van der Waals surface area contributed by atoms with Crippen molar-refractivity contribution in [2.75, 3.05) is 32.1 Å². The zero-order chi connectivity index (χ0) is 17.2. The van der Waals surface area contributed by atoms with E-state index in [1.165, 1.54) is 12.1 Å². The molecular weight excluding hydrogens is 333 g/mol. The predicted molar refractivity (Wildman–Crippen MR) is 89.8 cm³/mol. The monoisotopic (exact) mass is 357 g/mol. The van der Waals surface area contributed by atoms with E-state index in [0.717, 1.165) is 0 Å². The maximum absolute atomic E-state index is 12.9. The third kappa shape index (κ3) is 4.24. The Hall–Kier alpha value is -1.22. The topological polar surface area (TPSA) is 70.7 Å². The van der Waals surface area contributed by atoms with Gasteiger partial charge >= 0.3 is 0 Å². The maximum atomic E-state index is 12.9. The van der Waals surface area contributed by atoms with Crippen LogP contribution in [0.3, 0.4) is 0 Å². The normalized spacial score (nSPS) is 26.6. The van der Waals surface area contributed by atoms with Crippen molar-refractivity contribution < 1.29 is 17.5 Å². The lowest BCUT2D eigenvalue weighted by atomic mass is 10.1. The Kier molecular flexibility index (Phi) is 5.10. The van der Waals surface area contributed by atoms with E-state index in [1.807, 2.05) is 6.92 Å². The van der Waals surface area contributed by atoms with Gasteiger partial charge in [-0.25, -0.2) is 17.1 Å². The van der Waals surface area contributed by atoms with E-state index in [1.54, 1.807) is 16.4 Å². The second kappa shape index (κ2) is 6.95. The molecule has 0 unspecified atom stereocenters. The number of halogens is 1. The van der Waals surface area contributed by atoms with Crippen LogP contribution in [0.5, 0.6) is 5.75 Å². The first-order valence-corrected chi connectivity index (χ1v) is 9.83. The third-order valence-electron chi connectivity index (χ3n) is 4.57. The van der Waals surface area contributed by atoms with Gasteiger partial charge in [-0.1, -0.05) is 0 Å². The molecule has 0 spiro atoms. The molecule has 0 saturated carbocycles. The molecule has 2 fully saturated rings. The van der Waals surface area contributed by atoms with Crippen molar-refractivity contribution in [1.82, 2.24) is 14.9 Å². The largest absolute Gasteiger partial charge is 0.490 e. The molecule has 8 heteroatoms. The quantitative estimate of drug-likeness (QED) is 0.820. The first kappa shape index (κ1) is 17.6. The first-order chi connectivity index (χ1) is 11.4. The van der Waals surface area contributed by atoms with Crippen molar-refractivity contribution in [3.05, 3.63) is 30.1 Å². The van der Waals surface area contributed by atoms with Gasteiger partial charge in [0.05, 0.1) is 5.75 Å². The van der Waals surface area contributed by atoms with Gasteiger partial charge in [-0.2, -0.15) is 0 Å². The smallest absolute Gasteiger partial charge is 0.215 e. The number of hydrogen-bond donors (Lipinski definition) is 2. The number of hydrogen-bond acceptors (Lipinski definition) is 5. The number of piperidine rings is 1. The van der Waals surface area contributed by atoms with Crippen LogP contribution in [-0.2, 0) is 10.0 Å². The summed E-state index contributed by atoms with van der Waals surface area (Å²) in [5, 5.41) is 6.34. The van der Waals surface area contributed by atoms with Crippen LogP contribution >= 0.6 is 0 Å². The number of sulfonamides is 1. The van der Waals surface area contributed by atoms with E-state index in [4.69, 9.17) is 4.74 Å². The lowest BCUT2D eigenvalue weighted by molar-refractivity contribution is 0.134. The molecule has 2 heterocycles. The fraction of sp³-hybridized carbons (Fsp3) is 0.625. The van der Waals surface area contributed by atoms with Gasteiger partial charge in [-0.3, -0.25) is 5.32 Å². The number of nitrogens with one attached hydrogen (secondary N) is 2. The molecule has 24 heavy (non-hydrogen) atoms. The van der Waals surface area contributed by atoms with Crippen LogP contribution in [0.4, 0.5) is 4.39 Å². The summed E-state index contributed by atoms with van der Waals surface area (Å²) >= 11 is 0. The Morgan fingerprint density at radius 2 is 1.96 bits per heavy atom. The summed E-state index contributed by atoms with van der Waals surface area (Å²) in [6.45, 7) is 4.13. The number of rotatable bonds is 5. The van der Waals surface area contributed by atoms with Crippen molar-refractivity contribution in [3.8, 4) is 5.75 Å². The highest BCUT2D eigenvalue weighted by Crippen LogP contribution is 2.22. The van der Waals surface area contributed by atoms with E-state index in [0.29, 0.717) is 44.9 Å². The fourth-order valence-electron chi connectivity index (χ4n) is 3.21. The summed E-state index contributed by atoms with van der Waals surface area (Å²) in [5.41, 5.74) is -0.416. The van der Waals surface area contributed by atoms with Crippen LogP contribution in [-0.4, -0.2) is 56.4 Å². The SMILES string of the molecule is C[C@@]1(CS(=O)(=O)N2CCC(Oc3ccc(F)cc3)CC2)CNCN1. The molecular formula is C16H24FN3O3S. The number of benzene rings is 1. The van der Waals surface area contributed by atoms with E-state index in [2.05, 4.69) is 10.6 Å². The van der Waals surface area contributed by atoms with Gasteiger partial charge in [0, 0.05) is 31.8 Å². The zero-order valence-corrected chi connectivity index (χ0v) is 14.6. The Labute approximate surface area is 142 Å². The molecule has 0 aliphatic carbocycles. The average Bonchev–Trinajstić information content (AvgIpc) is 2.95. The molecule has 2 aliphatic heterocycles. The van der Waals surface area contributed by atoms with Crippen molar-refractivity contribution in [2.45, 2.75) is 31.4 Å². The molecule has 0 radical (unpaired) electrons. The molecule has 0 aromatic heterocycles. The van der Waals surface area contributed by atoms with Gasteiger partial charge in [0.15, 0.2) is 0 Å². The molecule has 0 bridgehead atoms. The van der Waals surface area contributed by atoms with Crippen molar-refractivity contribution in [2.24, 2.45) is 0 Å². The highest BCUT2D eigenvalue weighted by Gasteiger charge is 2.37. The van der Waals surface area contributed by atoms with Crippen LogP contribution < -0.4 is 15.4 Å². The average molecular weight is 357 g/mol. The summed E-state index contributed by atoms with van der Waals surface area (Å²) in [6, 6.07) is 5.91. The highest BCUT2D eigenvalue weighted by atomic mass is 32.2. The van der Waals surface area contributed by atoms with Crippen LogP contribution in [0.25, 0.3) is 0 Å². The molecule has 3 rings (SSSR count). The van der Waals surface area contributed by atoms with Gasteiger partial charge in [0.1, 0.15) is 17.7 Å². The van der Waals surface area contributed by atoms with Crippen LogP contribution in [0.15, 0.2) is 24.3 Å². The van der Waals surface area contributed by atoms with Gasteiger partial charge in [-0.15, -0.1) is 0 Å². The lowest BCUT2D eigenvalue weighted by Crippen LogP contribution is -2.51. The Balaban J connectivity index is 1.53. The fourth-order valence-corrected chi connectivity index (χ4v) is 5.17. The second-order valence-corrected chi connectivity index (χ2v) is 8.74. The summed E-state index contributed by atoms with van der Waals surface area (Å²) in [7, 11) is -3.30. The van der Waals surface area contributed by atoms with Crippen LogP contribution in [0.1, 0.15) is 19.8 Å². The molecule has 2 saturated heterocycles. The standard InChI is InChI=1S/C16H24FN3O3S/c1-16(10-18-12-19-16)11-24(21,22)20-8-6-15(7-9-20)23-14-4-2-13(17)3-5-14/h2-5,15,18-19H,6-12H2,1H3/t16-/m0/s1. The van der Waals surface area contributed by atoms with Crippen LogP contribution in [0, 0.1) is 5.82 Å². The van der Waals surface area contributed by atoms with Crippen molar-refractivity contribution in [1.29, 1.82) is 0 Å². The van der Waals surface area contributed by atoms with Gasteiger partial charge in [-0.05, 0) is 44.0 Å². The van der Waals surface area contributed by atoms with E-state index in [-0.39, 0.29) is 17.7 Å². The zero-order valence-electron chi connectivity index (χ0n) is 13.8. The highest BCUT2D eigenvalue weighted by molar-refractivity contribution is 7.89. The minimum absolute atomic E-state index is 0.0382. The maximum Gasteiger partial charge on any atom is 0.215 e. The van der Waals surface area contributed by atoms with Gasteiger partial charge in [0.2, 0.25) is 10.0 Å². The molecule has 1 aromatic carbocycles. The van der Waals surface area contributed by atoms with Crippen molar-refractivity contribution in [3.63, 3.8) is 0 Å². The molecule has 134 valence electrons. The van der Waals surface area contributed by atoms with E-state index < -0.39 is 15.6 Å². The summed E-state index contributed by atoms with van der Waals surface area (Å²) < 4.78 is 45.5. The van der Waals surface area contributed by atoms with E-state index in [9.17, 15) is 12.8 Å². The molecule has 1 atom stereocenters. The number of nitrogens with zero attached hydrogens (tertiary/aromatic N) is 1. The third-order valence-corrected chi connectivity index (χ3v) is 6.72. The predicted octanol–water partition coefficient (Wildman–Crippen LogP) is 0.908. The molecule has 1 aromatic rings. The number of ether oxygens (including phenoxy) is 1. The molecule has 2 N–H and O–H groups in total. The summed E-state index contributed by atoms with van der Waals surface area (Å²) in [6.07, 6.45) is 1.24.